The molecule has 1 N–H and O–H groups in total. The van der Waals surface area contributed by atoms with E-state index in [1.54, 1.807) is 37.3 Å². The molecule has 0 aliphatic heterocycles. The van der Waals surface area contributed by atoms with Gasteiger partial charge < -0.3 is 4.74 Å². The van der Waals surface area contributed by atoms with E-state index in [9.17, 15) is 13.2 Å². The Kier molecular flexibility index (Phi) is 6.08. The first-order valence-electron chi connectivity index (χ1n) is 9.05. The number of carbonyl (C=O) groups excluding carboxylic acids is 1. The van der Waals surface area contributed by atoms with Crippen LogP contribution in [0, 0.1) is 0 Å². The highest BCUT2D eigenvalue weighted by molar-refractivity contribution is 9.10. The van der Waals surface area contributed by atoms with Gasteiger partial charge in [-0.05, 0) is 64.2 Å². The lowest BCUT2D eigenvalue weighted by Crippen LogP contribution is -2.14. The molecule has 0 aliphatic carbocycles. The minimum atomic E-state index is -3.73. The van der Waals surface area contributed by atoms with Gasteiger partial charge in [0.25, 0.3) is 10.0 Å². The molecule has 0 aliphatic rings. The van der Waals surface area contributed by atoms with Gasteiger partial charge in [0.15, 0.2) is 0 Å². The van der Waals surface area contributed by atoms with Crippen LogP contribution >= 0.6 is 27.3 Å². The third-order valence-corrected chi connectivity index (χ3v) is 8.01. The van der Waals surface area contributed by atoms with Crippen molar-refractivity contribution < 1.29 is 17.9 Å². The quantitative estimate of drug-likeness (QED) is 0.444. The third kappa shape index (κ3) is 4.65. The first kappa shape index (κ1) is 21.8. The SMILES string of the molecule is CCOC(=O)c1sc2ccc(NS(=O)(=O)c3ccc(C(C)(C)C)cc3)cc2c1Br. The molecule has 0 spiro atoms. The van der Waals surface area contributed by atoms with Gasteiger partial charge in [0.1, 0.15) is 4.88 Å². The number of halogens is 1. The highest BCUT2D eigenvalue weighted by Gasteiger charge is 2.20. The van der Waals surface area contributed by atoms with Crippen LogP contribution in [0.25, 0.3) is 10.1 Å². The zero-order valence-corrected chi connectivity index (χ0v) is 19.8. The third-order valence-electron chi connectivity index (χ3n) is 4.37. The van der Waals surface area contributed by atoms with Crippen LogP contribution in [-0.4, -0.2) is 21.0 Å². The van der Waals surface area contributed by atoms with E-state index >= 15 is 0 Å². The molecule has 0 bridgehead atoms. The molecule has 0 radical (unpaired) electrons. The van der Waals surface area contributed by atoms with E-state index in [1.165, 1.54) is 11.3 Å². The Bertz CT molecular complexity index is 1160. The van der Waals surface area contributed by atoms with E-state index in [0.717, 1.165) is 15.6 Å². The largest absolute Gasteiger partial charge is 0.462 e. The second-order valence-electron chi connectivity index (χ2n) is 7.56. The second-order valence-corrected chi connectivity index (χ2v) is 11.1. The number of fused-ring (bicyclic) bond motifs is 1. The van der Waals surface area contributed by atoms with E-state index in [2.05, 4.69) is 41.4 Å². The molecule has 0 amide bonds. The van der Waals surface area contributed by atoms with Gasteiger partial charge in [0.05, 0.1) is 16.0 Å². The molecule has 2 aromatic carbocycles. The molecule has 5 nitrogen and oxygen atoms in total. The van der Waals surface area contributed by atoms with E-state index < -0.39 is 16.0 Å². The highest BCUT2D eigenvalue weighted by atomic mass is 79.9. The molecule has 154 valence electrons. The standard InChI is InChI=1S/C21H22BrNO4S2/c1-5-27-20(24)19-18(22)16-12-14(8-11-17(16)28-19)23-29(25,26)15-9-6-13(7-10-15)21(2,3)4/h6-12,23H,5H2,1-4H3. The second kappa shape index (κ2) is 8.08. The number of benzene rings is 2. The first-order valence-corrected chi connectivity index (χ1v) is 12.1. The van der Waals surface area contributed by atoms with Crippen LogP contribution in [0.4, 0.5) is 5.69 Å². The molecule has 0 saturated carbocycles. The number of anilines is 1. The Hall–Kier alpha value is -1.90. The molecule has 1 heterocycles. The Morgan fingerprint density at radius 3 is 2.38 bits per heavy atom. The van der Waals surface area contributed by atoms with Gasteiger partial charge in [-0.3, -0.25) is 4.72 Å². The van der Waals surface area contributed by atoms with Gasteiger partial charge in [0, 0.05) is 15.8 Å². The van der Waals surface area contributed by atoms with E-state index in [-0.39, 0.29) is 10.3 Å². The number of nitrogens with one attached hydrogen (secondary N) is 1. The number of rotatable bonds is 5. The molecule has 8 heteroatoms. The van der Waals surface area contributed by atoms with Crippen molar-refractivity contribution in [2.75, 3.05) is 11.3 Å². The smallest absolute Gasteiger partial charge is 0.349 e. The van der Waals surface area contributed by atoms with E-state index in [4.69, 9.17) is 4.74 Å². The number of esters is 1. The number of thiophene rings is 1. The zero-order chi connectivity index (χ0) is 21.4. The van der Waals surface area contributed by atoms with Crippen LogP contribution < -0.4 is 4.72 Å². The zero-order valence-electron chi connectivity index (χ0n) is 16.6. The van der Waals surface area contributed by atoms with Crippen molar-refractivity contribution >= 4 is 59.0 Å². The maximum atomic E-state index is 12.8. The summed E-state index contributed by atoms with van der Waals surface area (Å²) in [5.74, 6) is -0.401. The predicted molar refractivity (Wildman–Crippen MR) is 121 cm³/mol. The van der Waals surface area contributed by atoms with Gasteiger partial charge in [-0.2, -0.15) is 0 Å². The lowest BCUT2D eigenvalue weighted by Gasteiger charge is -2.19. The van der Waals surface area contributed by atoms with Crippen LogP contribution in [-0.2, 0) is 20.2 Å². The summed E-state index contributed by atoms with van der Waals surface area (Å²) in [6, 6.07) is 12.1. The van der Waals surface area contributed by atoms with Crippen LogP contribution in [0.3, 0.4) is 0 Å². The van der Waals surface area contributed by atoms with Gasteiger partial charge >= 0.3 is 5.97 Å². The van der Waals surface area contributed by atoms with Crippen LogP contribution in [0.2, 0.25) is 0 Å². The maximum Gasteiger partial charge on any atom is 0.349 e. The highest BCUT2D eigenvalue weighted by Crippen LogP contribution is 2.38. The summed E-state index contributed by atoms with van der Waals surface area (Å²) < 4.78 is 34.7. The molecule has 3 aromatic rings. The Labute approximate surface area is 183 Å². The molecule has 3 rings (SSSR count). The minimum Gasteiger partial charge on any atom is -0.462 e. The topological polar surface area (TPSA) is 72.5 Å². The number of ether oxygens (including phenoxy) is 1. The average molecular weight is 496 g/mol. The lowest BCUT2D eigenvalue weighted by molar-refractivity contribution is 0.0531. The number of hydrogen-bond donors (Lipinski definition) is 1. The van der Waals surface area contributed by atoms with Crippen LogP contribution in [0.15, 0.2) is 51.8 Å². The first-order chi connectivity index (χ1) is 13.5. The molecule has 0 atom stereocenters. The van der Waals surface area contributed by atoms with Crippen molar-refractivity contribution in [3.05, 3.63) is 57.4 Å². The van der Waals surface area contributed by atoms with Gasteiger partial charge in [-0.1, -0.05) is 32.9 Å². The summed E-state index contributed by atoms with van der Waals surface area (Å²) in [6.45, 7) is 8.27. The Morgan fingerprint density at radius 2 is 1.79 bits per heavy atom. The summed E-state index contributed by atoms with van der Waals surface area (Å²) in [4.78, 5) is 12.7. The monoisotopic (exact) mass is 495 g/mol. The molecule has 29 heavy (non-hydrogen) atoms. The molecular formula is C21H22BrNO4S2. The summed E-state index contributed by atoms with van der Waals surface area (Å²) in [6.07, 6.45) is 0. The summed E-state index contributed by atoms with van der Waals surface area (Å²) in [5.41, 5.74) is 1.43. The Morgan fingerprint density at radius 1 is 1.14 bits per heavy atom. The van der Waals surface area contributed by atoms with Crippen molar-refractivity contribution in [3.8, 4) is 0 Å². The molecular weight excluding hydrogens is 474 g/mol. The van der Waals surface area contributed by atoms with E-state index in [1.807, 2.05) is 12.1 Å². The summed E-state index contributed by atoms with van der Waals surface area (Å²) >= 11 is 4.74. The fraction of sp³-hybridized carbons (Fsp3) is 0.286. The van der Waals surface area contributed by atoms with Gasteiger partial charge in [0.2, 0.25) is 0 Å². The van der Waals surface area contributed by atoms with Crippen molar-refractivity contribution in [2.24, 2.45) is 0 Å². The normalized spacial score (nSPS) is 12.2. The maximum absolute atomic E-state index is 12.8. The Balaban J connectivity index is 1.91. The molecule has 1 aromatic heterocycles. The number of sulfonamides is 1. The van der Waals surface area contributed by atoms with Crippen molar-refractivity contribution in [1.29, 1.82) is 0 Å². The lowest BCUT2D eigenvalue weighted by atomic mass is 9.87. The van der Waals surface area contributed by atoms with Crippen molar-refractivity contribution in [2.45, 2.75) is 38.0 Å². The van der Waals surface area contributed by atoms with Crippen LogP contribution in [0.5, 0.6) is 0 Å². The molecule has 0 unspecified atom stereocenters. The predicted octanol–water partition coefficient (Wildman–Crippen LogP) is 5.94. The fourth-order valence-corrected chi connectivity index (χ4v) is 5.69. The molecule has 0 fully saturated rings. The molecule has 0 saturated heterocycles. The minimum absolute atomic E-state index is 0.0530. The summed E-state index contributed by atoms with van der Waals surface area (Å²) in [5, 5.41) is 0.751. The van der Waals surface area contributed by atoms with Gasteiger partial charge in [-0.25, -0.2) is 13.2 Å². The van der Waals surface area contributed by atoms with E-state index in [0.29, 0.717) is 21.6 Å². The number of hydrogen-bond acceptors (Lipinski definition) is 5. The fourth-order valence-electron chi connectivity index (χ4n) is 2.81. The van der Waals surface area contributed by atoms with Crippen LogP contribution in [0.1, 0.15) is 42.9 Å². The van der Waals surface area contributed by atoms with Gasteiger partial charge in [-0.15, -0.1) is 11.3 Å². The average Bonchev–Trinajstić information content (AvgIpc) is 2.97. The summed E-state index contributed by atoms with van der Waals surface area (Å²) in [7, 11) is -3.73. The van der Waals surface area contributed by atoms with Crippen molar-refractivity contribution in [1.82, 2.24) is 0 Å². The van der Waals surface area contributed by atoms with Crippen molar-refractivity contribution in [3.63, 3.8) is 0 Å². The number of carbonyl (C=O) groups is 1.